The molecule has 2 aromatic carbocycles. The average molecular weight is 395 g/mol. The molecule has 1 N–H and O–H groups in total. The Labute approximate surface area is 160 Å². The van der Waals surface area contributed by atoms with Crippen molar-refractivity contribution in [1.29, 1.82) is 0 Å². The smallest absolute Gasteiger partial charge is 0.340 e. The van der Waals surface area contributed by atoms with Crippen LogP contribution in [0.2, 0.25) is 10.0 Å². The molecule has 0 unspecified atom stereocenters. The summed E-state index contributed by atoms with van der Waals surface area (Å²) in [5.41, 5.74) is 0.617. The number of benzene rings is 2. The van der Waals surface area contributed by atoms with Crippen LogP contribution in [0.25, 0.3) is 0 Å². The van der Waals surface area contributed by atoms with Crippen LogP contribution in [0.1, 0.15) is 10.4 Å². The van der Waals surface area contributed by atoms with E-state index in [0.29, 0.717) is 10.7 Å². The fourth-order valence-corrected chi connectivity index (χ4v) is 2.39. The second kappa shape index (κ2) is 9.22. The Morgan fingerprint density at radius 1 is 1.00 bits per heavy atom. The molecule has 2 rings (SSSR count). The summed E-state index contributed by atoms with van der Waals surface area (Å²) in [6.45, 7) is -0.715. The van der Waals surface area contributed by atoms with E-state index in [-0.39, 0.29) is 17.1 Å². The van der Waals surface area contributed by atoms with Gasteiger partial charge in [-0.05, 0) is 24.3 Å². The number of carbonyl (C=O) groups excluding carboxylic acids is 3. The highest BCUT2D eigenvalue weighted by atomic mass is 35.5. The number of nitrogens with one attached hydrogen (secondary N) is 1. The van der Waals surface area contributed by atoms with Crippen molar-refractivity contribution in [3.63, 3.8) is 0 Å². The lowest BCUT2D eigenvalue weighted by Crippen LogP contribution is -2.37. The Morgan fingerprint density at radius 3 is 2.27 bits per heavy atom. The molecule has 0 spiro atoms. The first-order valence-electron chi connectivity index (χ1n) is 7.58. The zero-order valence-electron chi connectivity index (χ0n) is 13.9. The Bertz CT molecular complexity index is 826. The molecular weight excluding hydrogens is 379 g/mol. The number of esters is 1. The zero-order chi connectivity index (χ0) is 19.1. The highest BCUT2D eigenvalue weighted by Gasteiger charge is 2.17. The van der Waals surface area contributed by atoms with E-state index in [0.717, 1.165) is 4.90 Å². The van der Waals surface area contributed by atoms with Crippen molar-refractivity contribution < 1.29 is 19.1 Å². The SMILES string of the molecule is CN(CC(=O)Nc1ccccc1Cl)C(=O)COC(=O)c1ccccc1Cl. The van der Waals surface area contributed by atoms with Crippen LogP contribution >= 0.6 is 23.2 Å². The normalized spacial score (nSPS) is 10.1. The molecule has 0 saturated heterocycles. The summed E-state index contributed by atoms with van der Waals surface area (Å²) in [6, 6.07) is 13.1. The maximum absolute atomic E-state index is 12.0. The lowest BCUT2D eigenvalue weighted by atomic mass is 10.2. The van der Waals surface area contributed by atoms with E-state index in [4.69, 9.17) is 27.9 Å². The predicted molar refractivity (Wildman–Crippen MR) is 99.5 cm³/mol. The van der Waals surface area contributed by atoms with Crippen molar-refractivity contribution in [3.05, 3.63) is 64.1 Å². The lowest BCUT2D eigenvalue weighted by molar-refractivity contribution is -0.136. The third-order valence-corrected chi connectivity index (χ3v) is 4.03. The molecule has 0 aromatic heterocycles. The van der Waals surface area contributed by atoms with Gasteiger partial charge >= 0.3 is 5.97 Å². The van der Waals surface area contributed by atoms with Gasteiger partial charge < -0.3 is 15.0 Å². The topological polar surface area (TPSA) is 75.7 Å². The van der Waals surface area contributed by atoms with Crippen LogP contribution in [0, 0.1) is 0 Å². The maximum Gasteiger partial charge on any atom is 0.340 e. The molecule has 8 heteroatoms. The first-order valence-corrected chi connectivity index (χ1v) is 8.34. The van der Waals surface area contributed by atoms with Gasteiger partial charge in [0.05, 0.1) is 27.8 Å². The molecule has 26 heavy (non-hydrogen) atoms. The number of nitrogens with zero attached hydrogens (tertiary/aromatic N) is 1. The zero-order valence-corrected chi connectivity index (χ0v) is 15.4. The van der Waals surface area contributed by atoms with Crippen LogP contribution in [-0.4, -0.2) is 42.9 Å². The van der Waals surface area contributed by atoms with Crippen molar-refractivity contribution in [2.75, 3.05) is 25.5 Å². The number of likely N-dealkylation sites (N-methyl/N-ethyl adjacent to an activating group) is 1. The summed E-state index contributed by atoms with van der Waals surface area (Å²) < 4.78 is 4.94. The standard InChI is InChI=1S/C18H16Cl2N2O4/c1-22(10-16(23)21-15-9-5-4-8-14(15)20)17(24)11-26-18(25)12-6-2-3-7-13(12)19/h2-9H,10-11H2,1H3,(H,21,23). The van der Waals surface area contributed by atoms with Gasteiger partial charge in [0.1, 0.15) is 0 Å². The number of ether oxygens (including phenoxy) is 1. The van der Waals surface area contributed by atoms with E-state index >= 15 is 0 Å². The van der Waals surface area contributed by atoms with E-state index < -0.39 is 24.4 Å². The molecule has 136 valence electrons. The second-order valence-electron chi connectivity index (χ2n) is 5.33. The third kappa shape index (κ3) is 5.47. The van der Waals surface area contributed by atoms with Crippen LogP contribution < -0.4 is 5.32 Å². The van der Waals surface area contributed by atoms with Gasteiger partial charge in [-0.1, -0.05) is 47.5 Å². The molecule has 0 heterocycles. The summed E-state index contributed by atoms with van der Waals surface area (Å²) in [7, 11) is 1.43. The van der Waals surface area contributed by atoms with Gasteiger partial charge in [0.2, 0.25) is 5.91 Å². The maximum atomic E-state index is 12.0. The molecule has 0 aliphatic heterocycles. The van der Waals surface area contributed by atoms with Crippen molar-refractivity contribution in [2.24, 2.45) is 0 Å². The fraction of sp³-hybridized carbons (Fsp3) is 0.167. The van der Waals surface area contributed by atoms with Gasteiger partial charge in [0.15, 0.2) is 6.61 Å². The first-order chi connectivity index (χ1) is 12.4. The lowest BCUT2D eigenvalue weighted by Gasteiger charge is -2.17. The van der Waals surface area contributed by atoms with Gasteiger partial charge in [-0.2, -0.15) is 0 Å². The molecule has 2 amide bonds. The molecule has 0 bridgehead atoms. The number of carbonyl (C=O) groups is 3. The van der Waals surface area contributed by atoms with Crippen molar-refractivity contribution in [2.45, 2.75) is 0 Å². The Morgan fingerprint density at radius 2 is 1.62 bits per heavy atom. The van der Waals surface area contributed by atoms with Crippen LogP contribution in [0.4, 0.5) is 5.69 Å². The molecule has 0 radical (unpaired) electrons. The predicted octanol–water partition coefficient (Wildman–Crippen LogP) is 3.25. The molecule has 0 aliphatic carbocycles. The van der Waals surface area contributed by atoms with Gasteiger partial charge in [-0.25, -0.2) is 4.79 Å². The molecule has 0 saturated carbocycles. The molecule has 2 aromatic rings. The van der Waals surface area contributed by atoms with Gasteiger partial charge in [0, 0.05) is 7.05 Å². The van der Waals surface area contributed by atoms with Crippen LogP contribution in [-0.2, 0) is 14.3 Å². The molecule has 0 fully saturated rings. The average Bonchev–Trinajstić information content (AvgIpc) is 2.61. The molecule has 0 atom stereocenters. The fourth-order valence-electron chi connectivity index (χ4n) is 2.00. The number of anilines is 1. The van der Waals surface area contributed by atoms with E-state index in [2.05, 4.69) is 5.32 Å². The van der Waals surface area contributed by atoms with Crippen LogP contribution in [0.5, 0.6) is 0 Å². The summed E-state index contributed by atoms with van der Waals surface area (Å²) in [4.78, 5) is 37.1. The van der Waals surface area contributed by atoms with Crippen LogP contribution in [0.15, 0.2) is 48.5 Å². The second-order valence-corrected chi connectivity index (χ2v) is 6.15. The number of rotatable bonds is 6. The van der Waals surface area contributed by atoms with E-state index in [1.807, 2.05) is 0 Å². The summed E-state index contributed by atoms with van der Waals surface area (Å²) in [6.07, 6.45) is 0. The minimum absolute atomic E-state index is 0.168. The summed E-state index contributed by atoms with van der Waals surface area (Å²) >= 11 is 11.9. The monoisotopic (exact) mass is 394 g/mol. The van der Waals surface area contributed by atoms with Crippen LogP contribution in [0.3, 0.4) is 0 Å². The summed E-state index contributed by atoms with van der Waals surface area (Å²) in [5, 5.41) is 3.23. The van der Waals surface area contributed by atoms with Crippen molar-refractivity contribution in [3.8, 4) is 0 Å². The van der Waals surface area contributed by atoms with Crippen molar-refractivity contribution in [1.82, 2.24) is 4.90 Å². The third-order valence-electron chi connectivity index (χ3n) is 3.37. The minimum atomic E-state index is -0.710. The Balaban J connectivity index is 1.84. The number of amides is 2. The largest absolute Gasteiger partial charge is 0.452 e. The highest BCUT2D eigenvalue weighted by Crippen LogP contribution is 2.20. The van der Waals surface area contributed by atoms with Crippen molar-refractivity contribution >= 4 is 46.7 Å². The Kier molecular flexibility index (Phi) is 7.00. The Hall–Kier alpha value is -2.57. The number of hydrogen-bond acceptors (Lipinski definition) is 4. The molecular formula is C18H16Cl2N2O4. The quantitative estimate of drug-likeness (QED) is 0.762. The van der Waals surface area contributed by atoms with E-state index in [1.54, 1.807) is 42.5 Å². The van der Waals surface area contributed by atoms with E-state index in [1.165, 1.54) is 13.1 Å². The van der Waals surface area contributed by atoms with E-state index in [9.17, 15) is 14.4 Å². The first kappa shape index (κ1) is 19.8. The molecule has 0 aliphatic rings. The highest BCUT2D eigenvalue weighted by molar-refractivity contribution is 6.34. The minimum Gasteiger partial charge on any atom is -0.452 e. The molecule has 6 nitrogen and oxygen atoms in total. The van der Waals surface area contributed by atoms with Gasteiger partial charge in [-0.15, -0.1) is 0 Å². The van der Waals surface area contributed by atoms with Gasteiger partial charge in [0.25, 0.3) is 5.91 Å². The van der Waals surface area contributed by atoms with Gasteiger partial charge in [-0.3, -0.25) is 9.59 Å². The summed E-state index contributed by atoms with van der Waals surface area (Å²) in [5.74, 6) is -1.66. The number of para-hydroxylation sites is 1. The number of hydrogen-bond donors (Lipinski definition) is 1. The number of halogens is 2.